The number of aliphatic imine (C=N–C) groups is 1. The molecule has 0 unspecified atom stereocenters. The van der Waals surface area contributed by atoms with Gasteiger partial charge in [0.05, 0.1) is 6.54 Å². The summed E-state index contributed by atoms with van der Waals surface area (Å²) in [6.45, 7) is 0.384. The molecule has 62 valence electrons. The van der Waals surface area contributed by atoms with Crippen LogP contribution in [0.1, 0.15) is 22.3 Å². The van der Waals surface area contributed by atoms with E-state index in [4.69, 9.17) is 10.8 Å². The second-order valence-electron chi connectivity index (χ2n) is 0.885. The van der Waals surface area contributed by atoms with Crippen LogP contribution in [-0.4, -0.2) is 25.2 Å². The van der Waals surface area contributed by atoms with Gasteiger partial charge in [-0.1, -0.05) is 22.3 Å². The van der Waals surface area contributed by atoms with Crippen molar-refractivity contribution in [1.82, 2.24) is 0 Å². The molecule has 0 radical (unpaired) electrons. The molecule has 0 aliphatic carbocycles. The van der Waals surface area contributed by atoms with Gasteiger partial charge in [-0.25, -0.2) is 0 Å². The first-order chi connectivity index (χ1) is 3.41. The monoisotopic (exact) mass is 145 g/mol. The first kappa shape index (κ1) is 23.0. The minimum Gasteiger partial charge on any atom is -0.311 e. The van der Waals surface area contributed by atoms with Gasteiger partial charge in [-0.2, -0.15) is 0 Å². The first-order valence-corrected chi connectivity index (χ1v) is 1.89. The smallest absolute Gasteiger partial charge is 0.0735 e. The molecule has 0 aromatic heterocycles. The molecule has 0 saturated heterocycles. The summed E-state index contributed by atoms with van der Waals surface area (Å²) in [5.74, 6) is 0. The summed E-state index contributed by atoms with van der Waals surface area (Å²) in [6, 6.07) is 0. The van der Waals surface area contributed by atoms with E-state index in [0.717, 1.165) is 6.21 Å². The Kier molecular flexibility index (Phi) is 56.4. The zero-order valence-corrected chi connectivity index (χ0v) is 3.89. The highest BCUT2D eigenvalue weighted by Gasteiger charge is 1.61. The van der Waals surface area contributed by atoms with Gasteiger partial charge in [-0.3, -0.25) is 4.99 Å². The first-order valence-electron chi connectivity index (χ1n) is 1.89. The normalized spacial score (nSPS) is 6.40. The van der Waals surface area contributed by atoms with E-state index >= 15 is 0 Å². The van der Waals surface area contributed by atoms with E-state index in [1.54, 1.807) is 0 Å². The van der Waals surface area contributed by atoms with Crippen LogP contribution < -0.4 is 0 Å². The Morgan fingerprint density at radius 3 is 1.90 bits per heavy atom. The van der Waals surface area contributed by atoms with Gasteiger partial charge in [0.2, 0.25) is 0 Å². The van der Waals surface area contributed by atoms with Crippen LogP contribution in [0.5, 0.6) is 0 Å². The molecule has 0 atom stereocenters. The minimum absolute atomic E-state index is 0. The van der Waals surface area contributed by atoms with Gasteiger partial charge >= 0.3 is 0 Å². The van der Waals surface area contributed by atoms with E-state index < -0.39 is 0 Å². The van der Waals surface area contributed by atoms with Crippen LogP contribution in [0.25, 0.3) is 0 Å². The van der Waals surface area contributed by atoms with Crippen molar-refractivity contribution in [3.8, 4) is 0 Å². The van der Waals surface area contributed by atoms with Crippen molar-refractivity contribution in [2.45, 2.75) is 22.3 Å². The highest BCUT2D eigenvalue weighted by molar-refractivity contribution is 6.14. The molecule has 0 saturated carbocycles. The molecule has 3 heteroatoms. The topological polar surface area (TPSA) is 60.1 Å². The molecule has 10 heavy (non-hydrogen) atoms. The lowest BCUT2D eigenvalue weighted by Gasteiger charge is -1.71. The lowest BCUT2D eigenvalue weighted by molar-refractivity contribution is 1.32. The maximum atomic E-state index is 6.47. The Bertz CT molecular complexity index is 86.9. The zero-order valence-electron chi connectivity index (χ0n) is 3.89. The molecule has 2 N–H and O–H groups in total. The van der Waals surface area contributed by atoms with Crippen LogP contribution in [0, 0.1) is 10.8 Å². The average molecular weight is 145 g/mol. The minimum atomic E-state index is 0. The van der Waals surface area contributed by atoms with Gasteiger partial charge in [0.1, 0.15) is 0 Å². The molecule has 0 aliphatic heterocycles. The number of nitrogens with zero attached hydrogens (tertiary/aromatic N) is 1. The fourth-order valence-electron chi connectivity index (χ4n) is 0.166. The van der Waals surface area contributed by atoms with Crippen molar-refractivity contribution in [1.29, 1.82) is 10.8 Å². The molecular weight excluding hydrogens is 126 g/mol. The molecule has 0 aliphatic rings. The summed E-state index contributed by atoms with van der Waals surface area (Å²) < 4.78 is 0. The lowest BCUT2D eigenvalue weighted by atomic mass is 10.7. The number of rotatable bonds is 3. The van der Waals surface area contributed by atoms with Crippen LogP contribution in [0.2, 0.25) is 0 Å². The quantitative estimate of drug-likeness (QED) is 0.572. The van der Waals surface area contributed by atoms with E-state index in [1.165, 1.54) is 12.4 Å². The van der Waals surface area contributed by atoms with E-state index in [0.29, 0.717) is 6.54 Å². The van der Waals surface area contributed by atoms with Crippen LogP contribution >= 0.6 is 0 Å². The summed E-state index contributed by atoms with van der Waals surface area (Å²) in [5, 5.41) is 12.9. The summed E-state index contributed by atoms with van der Waals surface area (Å²) >= 11 is 0. The lowest BCUT2D eigenvalue weighted by Crippen LogP contribution is -1.79. The molecule has 0 aromatic carbocycles. The number of nitrogens with one attached hydrogen (secondary N) is 2. The largest absolute Gasteiger partial charge is 0.311 e. The van der Waals surface area contributed by atoms with Crippen molar-refractivity contribution in [2.75, 3.05) is 6.54 Å². The SMILES string of the molecule is C.C.C.N=CC=NCC=N. The van der Waals surface area contributed by atoms with Crippen LogP contribution in [-0.2, 0) is 0 Å². The van der Waals surface area contributed by atoms with Gasteiger partial charge < -0.3 is 10.8 Å². The second kappa shape index (κ2) is 24.5. The van der Waals surface area contributed by atoms with E-state index in [-0.39, 0.29) is 22.3 Å². The highest BCUT2D eigenvalue weighted by Crippen LogP contribution is 1.55. The predicted molar refractivity (Wildman–Crippen MR) is 51.1 cm³/mol. The third-order valence-corrected chi connectivity index (χ3v) is 0.377. The Hall–Kier alpha value is -0.990. The Morgan fingerprint density at radius 2 is 1.60 bits per heavy atom. The number of hydrogen-bond acceptors (Lipinski definition) is 3. The van der Waals surface area contributed by atoms with Gasteiger partial charge in [0.25, 0.3) is 0 Å². The summed E-state index contributed by atoms with van der Waals surface area (Å²) in [5.41, 5.74) is 0. The number of hydrogen-bond donors (Lipinski definition) is 2. The van der Waals surface area contributed by atoms with Gasteiger partial charge in [0.15, 0.2) is 0 Å². The molecule has 0 rings (SSSR count). The highest BCUT2D eigenvalue weighted by atomic mass is 14.7. The average Bonchev–Trinajstić information content (AvgIpc) is 1.69. The maximum absolute atomic E-state index is 6.47. The van der Waals surface area contributed by atoms with E-state index in [9.17, 15) is 0 Å². The van der Waals surface area contributed by atoms with Gasteiger partial charge in [0, 0.05) is 18.6 Å². The molecule has 0 amide bonds. The van der Waals surface area contributed by atoms with E-state index in [1.807, 2.05) is 0 Å². The van der Waals surface area contributed by atoms with Crippen LogP contribution in [0.15, 0.2) is 4.99 Å². The third kappa shape index (κ3) is 27.9. The molecule has 0 bridgehead atoms. The van der Waals surface area contributed by atoms with Crippen molar-refractivity contribution in [3.63, 3.8) is 0 Å². The standard InChI is InChI=1S/C4H7N3.3CH4/c5-1-3-7-4-2-6;;;/h1-3,5-6H,4H2;3*1H4. The van der Waals surface area contributed by atoms with Crippen molar-refractivity contribution < 1.29 is 0 Å². The fourth-order valence-corrected chi connectivity index (χ4v) is 0.166. The summed E-state index contributed by atoms with van der Waals surface area (Å²) in [4.78, 5) is 3.60. The molecule has 0 heterocycles. The summed E-state index contributed by atoms with van der Waals surface area (Å²) in [7, 11) is 0. The second-order valence-corrected chi connectivity index (χ2v) is 0.885. The Balaban J connectivity index is -0.0000000600. The molecule has 3 nitrogen and oxygen atoms in total. The van der Waals surface area contributed by atoms with Gasteiger partial charge in [-0.15, -0.1) is 0 Å². The predicted octanol–water partition coefficient (Wildman–Crippen LogP) is 2.26. The molecule has 0 aromatic rings. The Labute approximate surface area is 64.2 Å². The third-order valence-electron chi connectivity index (χ3n) is 0.377. The fraction of sp³-hybridized carbons (Fsp3) is 0.571. The Morgan fingerprint density at radius 1 is 1.10 bits per heavy atom. The molecule has 0 fully saturated rings. The molecule has 0 spiro atoms. The van der Waals surface area contributed by atoms with Crippen molar-refractivity contribution in [2.24, 2.45) is 4.99 Å². The van der Waals surface area contributed by atoms with Crippen LogP contribution in [0.4, 0.5) is 0 Å². The van der Waals surface area contributed by atoms with Gasteiger partial charge in [-0.05, 0) is 0 Å². The van der Waals surface area contributed by atoms with Crippen molar-refractivity contribution >= 4 is 18.6 Å². The maximum Gasteiger partial charge on any atom is 0.0735 e. The zero-order chi connectivity index (χ0) is 5.54. The molecular formula is C7H19N3. The van der Waals surface area contributed by atoms with Crippen molar-refractivity contribution in [3.05, 3.63) is 0 Å². The van der Waals surface area contributed by atoms with Crippen LogP contribution in [0.3, 0.4) is 0 Å². The summed E-state index contributed by atoms with van der Waals surface area (Å²) in [6.07, 6.45) is 3.62. The van der Waals surface area contributed by atoms with E-state index in [2.05, 4.69) is 4.99 Å².